The van der Waals surface area contributed by atoms with Crippen LogP contribution in [0.15, 0.2) is 52.4 Å². The fourth-order valence-electron chi connectivity index (χ4n) is 3.01. The summed E-state index contributed by atoms with van der Waals surface area (Å²) >= 11 is 3.14. The molecule has 0 saturated carbocycles. The van der Waals surface area contributed by atoms with Crippen molar-refractivity contribution in [2.24, 2.45) is 4.99 Å². The van der Waals surface area contributed by atoms with Crippen molar-refractivity contribution in [1.29, 1.82) is 0 Å². The number of thioether (sulfide) groups is 1. The van der Waals surface area contributed by atoms with Crippen LogP contribution in [0, 0.1) is 13.8 Å². The van der Waals surface area contributed by atoms with Crippen LogP contribution in [0.3, 0.4) is 0 Å². The van der Waals surface area contributed by atoms with Crippen LogP contribution in [-0.4, -0.2) is 36.7 Å². The summed E-state index contributed by atoms with van der Waals surface area (Å²) in [5, 5.41) is 0. The highest BCUT2D eigenvalue weighted by Crippen LogP contribution is 2.23. The molecule has 1 aromatic heterocycles. The molecule has 3 rings (SSSR count). The van der Waals surface area contributed by atoms with Crippen molar-refractivity contribution in [3.05, 3.63) is 58.4 Å². The summed E-state index contributed by atoms with van der Waals surface area (Å²) in [5.41, 5.74) is 3.31. The smallest absolute Gasteiger partial charge is 0.263 e. The molecule has 1 heterocycles. The number of aryl methyl sites for hydroxylation is 3. The number of hydrogen-bond donors (Lipinski definition) is 0. The highest BCUT2D eigenvalue weighted by Gasteiger charge is 2.19. The molecular formula is C20H22N2O3S3. The number of thiazole rings is 1. The van der Waals surface area contributed by atoms with E-state index in [-0.39, 0.29) is 4.90 Å². The molecule has 28 heavy (non-hydrogen) atoms. The van der Waals surface area contributed by atoms with Crippen LogP contribution in [0.2, 0.25) is 0 Å². The topological polar surface area (TPSA) is 68.5 Å². The van der Waals surface area contributed by atoms with E-state index >= 15 is 0 Å². The average Bonchev–Trinajstić information content (AvgIpc) is 2.97. The summed E-state index contributed by atoms with van der Waals surface area (Å²) < 4.78 is 28.0. The highest BCUT2D eigenvalue weighted by molar-refractivity contribution is 7.98. The van der Waals surface area contributed by atoms with Gasteiger partial charge in [0.05, 0.1) is 15.1 Å². The lowest BCUT2D eigenvalue weighted by Gasteiger charge is -2.05. The largest absolute Gasteiger partial charge is 0.315 e. The van der Waals surface area contributed by atoms with Crippen LogP contribution in [0.4, 0.5) is 0 Å². The van der Waals surface area contributed by atoms with Crippen molar-refractivity contribution in [2.45, 2.75) is 25.3 Å². The van der Waals surface area contributed by atoms with E-state index in [4.69, 9.17) is 0 Å². The molecule has 0 aliphatic heterocycles. The Bertz CT molecular complexity index is 1180. The molecule has 0 unspecified atom stereocenters. The second-order valence-electron chi connectivity index (χ2n) is 6.54. The first-order chi connectivity index (χ1) is 13.3. The zero-order chi connectivity index (χ0) is 20.3. The number of amides is 1. The average molecular weight is 435 g/mol. The SMILES string of the molecule is CSCCn1c(=NC(=O)CS(=O)(=O)c2ccccc2)sc2c(C)cc(C)cc21. The Kier molecular flexibility index (Phi) is 6.42. The molecule has 1 amide bonds. The van der Waals surface area contributed by atoms with Gasteiger partial charge in [-0.25, -0.2) is 8.42 Å². The molecule has 0 saturated heterocycles. The molecule has 0 atom stereocenters. The monoisotopic (exact) mass is 434 g/mol. The third kappa shape index (κ3) is 4.56. The van der Waals surface area contributed by atoms with E-state index in [1.165, 1.54) is 23.5 Å². The van der Waals surface area contributed by atoms with Gasteiger partial charge in [0.15, 0.2) is 14.6 Å². The molecule has 0 radical (unpaired) electrons. The molecule has 3 aromatic rings. The Morgan fingerprint density at radius 3 is 2.57 bits per heavy atom. The van der Waals surface area contributed by atoms with Gasteiger partial charge in [0, 0.05) is 12.3 Å². The van der Waals surface area contributed by atoms with E-state index in [9.17, 15) is 13.2 Å². The third-order valence-corrected chi connectivity index (χ3v) is 7.71. The Morgan fingerprint density at radius 2 is 1.89 bits per heavy atom. The Labute approximate surface area is 173 Å². The Morgan fingerprint density at radius 1 is 1.18 bits per heavy atom. The first-order valence-corrected chi connectivity index (χ1v) is 12.6. The third-order valence-electron chi connectivity index (χ3n) is 4.27. The van der Waals surface area contributed by atoms with E-state index < -0.39 is 21.5 Å². The molecule has 148 valence electrons. The number of sulfone groups is 1. The van der Waals surface area contributed by atoms with Crippen molar-refractivity contribution in [3.63, 3.8) is 0 Å². The predicted octanol–water partition coefficient (Wildman–Crippen LogP) is 3.58. The lowest BCUT2D eigenvalue weighted by Crippen LogP contribution is -2.21. The van der Waals surface area contributed by atoms with E-state index in [2.05, 4.69) is 17.1 Å². The zero-order valence-corrected chi connectivity index (χ0v) is 18.5. The van der Waals surface area contributed by atoms with Crippen LogP contribution < -0.4 is 4.80 Å². The number of rotatable bonds is 6. The lowest BCUT2D eigenvalue weighted by molar-refractivity contribution is -0.115. The van der Waals surface area contributed by atoms with Crippen molar-refractivity contribution in [1.82, 2.24) is 4.57 Å². The first-order valence-electron chi connectivity index (χ1n) is 8.77. The molecule has 8 heteroatoms. The minimum absolute atomic E-state index is 0.136. The van der Waals surface area contributed by atoms with E-state index in [0.717, 1.165) is 27.1 Å². The van der Waals surface area contributed by atoms with Gasteiger partial charge in [-0.3, -0.25) is 4.79 Å². The minimum Gasteiger partial charge on any atom is -0.315 e. The summed E-state index contributed by atoms with van der Waals surface area (Å²) in [6.07, 6.45) is 2.03. The Balaban J connectivity index is 2.03. The number of fused-ring (bicyclic) bond motifs is 1. The second kappa shape index (κ2) is 8.63. The first kappa shape index (κ1) is 20.8. The summed E-state index contributed by atoms with van der Waals surface area (Å²) in [7, 11) is -3.71. The number of benzene rings is 2. The van der Waals surface area contributed by atoms with Crippen LogP contribution >= 0.6 is 23.1 Å². The standard InChI is InChI=1S/C20H22N2O3S3/c1-14-11-15(2)19-17(12-14)22(9-10-26-3)20(27-19)21-18(23)13-28(24,25)16-7-5-4-6-8-16/h4-8,11-12H,9-10,13H2,1-3H3. The lowest BCUT2D eigenvalue weighted by atomic mass is 10.1. The van der Waals surface area contributed by atoms with Gasteiger partial charge in [-0.05, 0) is 49.4 Å². The number of aromatic nitrogens is 1. The van der Waals surface area contributed by atoms with Gasteiger partial charge in [-0.2, -0.15) is 16.8 Å². The normalized spacial score (nSPS) is 12.6. The maximum Gasteiger partial charge on any atom is 0.263 e. The van der Waals surface area contributed by atoms with E-state index in [0.29, 0.717) is 11.3 Å². The summed E-state index contributed by atoms with van der Waals surface area (Å²) in [4.78, 5) is 17.4. The molecule has 0 aliphatic rings. The van der Waals surface area contributed by atoms with Gasteiger partial charge in [0.1, 0.15) is 5.75 Å². The zero-order valence-electron chi connectivity index (χ0n) is 16.0. The number of nitrogens with zero attached hydrogens (tertiary/aromatic N) is 2. The van der Waals surface area contributed by atoms with E-state index in [1.54, 1.807) is 30.0 Å². The fraction of sp³-hybridized carbons (Fsp3) is 0.300. The molecule has 5 nitrogen and oxygen atoms in total. The summed E-state index contributed by atoms with van der Waals surface area (Å²) in [5.74, 6) is -0.406. The fourth-order valence-corrected chi connectivity index (χ4v) is 5.63. The van der Waals surface area contributed by atoms with Gasteiger partial charge in [-0.15, -0.1) is 0 Å². The van der Waals surface area contributed by atoms with Crippen LogP contribution in [0.5, 0.6) is 0 Å². The van der Waals surface area contributed by atoms with Gasteiger partial charge in [0.25, 0.3) is 5.91 Å². The molecule has 0 aliphatic carbocycles. The quantitative estimate of drug-likeness (QED) is 0.595. The summed E-state index contributed by atoms with van der Waals surface area (Å²) in [6, 6.07) is 12.2. The Hall–Kier alpha value is -1.90. The molecule has 2 aromatic carbocycles. The van der Waals surface area contributed by atoms with Gasteiger partial charge < -0.3 is 4.57 Å². The minimum atomic E-state index is -3.71. The highest BCUT2D eigenvalue weighted by atomic mass is 32.2. The second-order valence-corrected chi connectivity index (χ2v) is 10.5. The van der Waals surface area contributed by atoms with Crippen molar-refractivity contribution < 1.29 is 13.2 Å². The van der Waals surface area contributed by atoms with Crippen LogP contribution in [-0.2, 0) is 21.2 Å². The van der Waals surface area contributed by atoms with Crippen molar-refractivity contribution in [2.75, 3.05) is 17.8 Å². The maximum absolute atomic E-state index is 12.5. The molecule has 0 fully saturated rings. The molecular weight excluding hydrogens is 412 g/mol. The number of hydrogen-bond acceptors (Lipinski definition) is 5. The van der Waals surface area contributed by atoms with Crippen molar-refractivity contribution in [3.8, 4) is 0 Å². The van der Waals surface area contributed by atoms with Crippen LogP contribution in [0.25, 0.3) is 10.2 Å². The molecule has 0 spiro atoms. The number of carbonyl (C=O) groups is 1. The van der Waals surface area contributed by atoms with Gasteiger partial charge in [-0.1, -0.05) is 35.6 Å². The van der Waals surface area contributed by atoms with Crippen molar-refractivity contribution >= 4 is 49.1 Å². The van der Waals surface area contributed by atoms with Gasteiger partial charge >= 0.3 is 0 Å². The van der Waals surface area contributed by atoms with Crippen LogP contribution in [0.1, 0.15) is 11.1 Å². The molecule has 0 N–H and O–H groups in total. The van der Waals surface area contributed by atoms with Gasteiger partial charge in [0.2, 0.25) is 0 Å². The molecule has 0 bridgehead atoms. The summed E-state index contributed by atoms with van der Waals surface area (Å²) in [6.45, 7) is 4.79. The number of carbonyl (C=O) groups excluding carboxylic acids is 1. The predicted molar refractivity (Wildman–Crippen MR) is 117 cm³/mol. The van der Waals surface area contributed by atoms with E-state index in [1.807, 2.05) is 24.7 Å². The maximum atomic E-state index is 12.5.